The van der Waals surface area contributed by atoms with Gasteiger partial charge in [0.25, 0.3) is 0 Å². The van der Waals surface area contributed by atoms with E-state index in [4.69, 9.17) is 4.74 Å². The van der Waals surface area contributed by atoms with Crippen molar-refractivity contribution >= 4 is 6.21 Å². The second-order valence-corrected chi connectivity index (χ2v) is 5.30. The number of ether oxygens (including phenoxy) is 1. The van der Waals surface area contributed by atoms with E-state index in [-0.39, 0.29) is 6.04 Å². The molecule has 2 aromatic rings. The van der Waals surface area contributed by atoms with Crippen molar-refractivity contribution in [2.45, 2.75) is 26.3 Å². The molecule has 0 aromatic heterocycles. The zero-order valence-corrected chi connectivity index (χ0v) is 12.7. The van der Waals surface area contributed by atoms with Crippen LogP contribution in [0.2, 0.25) is 0 Å². The fourth-order valence-electron chi connectivity index (χ4n) is 2.12. The molecular weight excluding hydrogens is 262 g/mol. The Morgan fingerprint density at radius 3 is 2.29 bits per heavy atom. The van der Waals surface area contributed by atoms with Gasteiger partial charge in [0.2, 0.25) is 0 Å². The molecule has 110 valence electrons. The molecule has 0 aliphatic carbocycles. The number of hydrogen-bond donors (Lipinski definition) is 0. The second kappa shape index (κ2) is 6.93. The number of hydrogen-bond acceptors (Lipinski definition) is 2. The van der Waals surface area contributed by atoms with Crippen LogP contribution in [0.15, 0.2) is 48.5 Å². The zero-order valence-electron chi connectivity index (χ0n) is 12.7. The van der Waals surface area contributed by atoms with Crippen molar-refractivity contribution in [1.82, 2.24) is 0 Å². The maximum Gasteiger partial charge on any atom is 0.182 e. The van der Waals surface area contributed by atoms with Crippen LogP contribution in [0.3, 0.4) is 0 Å². The summed E-state index contributed by atoms with van der Waals surface area (Å²) in [5.74, 6) is 0.830. The standard InChI is InChI=1S/C18H21NO2/c1-14-4-6-17(7-5-14)13-19(20)15(2)12-16-8-10-18(21-3)11-9-16/h4-11,13,15H,12H2,1-3H3/b19-13-. The third-order valence-electron chi connectivity index (χ3n) is 3.48. The molecule has 3 heteroatoms. The summed E-state index contributed by atoms with van der Waals surface area (Å²) in [5.41, 5.74) is 3.24. The van der Waals surface area contributed by atoms with Gasteiger partial charge in [-0.3, -0.25) is 0 Å². The summed E-state index contributed by atoms with van der Waals surface area (Å²) in [6.07, 6.45) is 2.35. The van der Waals surface area contributed by atoms with E-state index in [9.17, 15) is 5.21 Å². The minimum atomic E-state index is -0.111. The maximum absolute atomic E-state index is 12.2. The van der Waals surface area contributed by atoms with Gasteiger partial charge in [0, 0.05) is 12.0 Å². The number of methoxy groups -OCH3 is 1. The van der Waals surface area contributed by atoms with Gasteiger partial charge in [-0.1, -0.05) is 29.8 Å². The Kier molecular flexibility index (Phi) is 4.99. The number of rotatable bonds is 5. The van der Waals surface area contributed by atoms with Crippen LogP contribution in [-0.2, 0) is 6.42 Å². The van der Waals surface area contributed by atoms with Gasteiger partial charge in [-0.2, -0.15) is 0 Å². The minimum absolute atomic E-state index is 0.111. The third kappa shape index (κ3) is 4.35. The summed E-state index contributed by atoms with van der Waals surface area (Å²) in [5, 5.41) is 12.2. The van der Waals surface area contributed by atoms with Crippen molar-refractivity contribution in [3.8, 4) is 5.75 Å². The molecule has 0 aliphatic heterocycles. The molecule has 0 N–H and O–H groups in total. The predicted molar refractivity (Wildman–Crippen MR) is 86.1 cm³/mol. The van der Waals surface area contributed by atoms with E-state index in [2.05, 4.69) is 0 Å². The summed E-state index contributed by atoms with van der Waals surface area (Å²) in [4.78, 5) is 0. The van der Waals surface area contributed by atoms with Gasteiger partial charge in [0.1, 0.15) is 5.75 Å². The van der Waals surface area contributed by atoms with Crippen LogP contribution < -0.4 is 4.74 Å². The topological polar surface area (TPSA) is 35.3 Å². The first kappa shape index (κ1) is 15.1. The lowest BCUT2D eigenvalue weighted by Crippen LogP contribution is -2.21. The lowest BCUT2D eigenvalue weighted by atomic mass is 10.1. The number of benzene rings is 2. The fraction of sp³-hybridized carbons (Fsp3) is 0.278. The van der Waals surface area contributed by atoms with E-state index < -0.39 is 0 Å². The Bertz CT molecular complexity index is 600. The largest absolute Gasteiger partial charge is 0.624 e. The summed E-state index contributed by atoms with van der Waals surface area (Å²) >= 11 is 0. The highest BCUT2D eigenvalue weighted by Gasteiger charge is 2.10. The molecule has 2 aromatic carbocycles. The quantitative estimate of drug-likeness (QED) is 0.364. The van der Waals surface area contributed by atoms with Gasteiger partial charge < -0.3 is 9.94 Å². The van der Waals surface area contributed by atoms with Crippen LogP contribution in [-0.4, -0.2) is 24.1 Å². The van der Waals surface area contributed by atoms with Gasteiger partial charge in [0.05, 0.1) is 7.11 Å². The van der Waals surface area contributed by atoms with Crippen LogP contribution >= 0.6 is 0 Å². The number of hydroxylamine groups is 1. The molecule has 0 spiro atoms. The first-order chi connectivity index (χ1) is 10.1. The van der Waals surface area contributed by atoms with Crippen molar-refractivity contribution in [1.29, 1.82) is 0 Å². The van der Waals surface area contributed by atoms with Crippen LogP contribution in [0.25, 0.3) is 0 Å². The normalized spacial score (nSPS) is 13.0. The Morgan fingerprint density at radius 2 is 1.71 bits per heavy atom. The van der Waals surface area contributed by atoms with Gasteiger partial charge in [-0.25, -0.2) is 4.74 Å². The van der Waals surface area contributed by atoms with Crippen molar-refractivity contribution < 1.29 is 9.48 Å². The molecule has 0 heterocycles. The van der Waals surface area contributed by atoms with E-state index in [0.29, 0.717) is 6.42 Å². The molecule has 1 atom stereocenters. The lowest BCUT2D eigenvalue weighted by Gasteiger charge is -2.13. The Labute approximate surface area is 126 Å². The summed E-state index contributed by atoms with van der Waals surface area (Å²) in [7, 11) is 1.65. The average Bonchev–Trinajstić information content (AvgIpc) is 2.50. The minimum Gasteiger partial charge on any atom is -0.624 e. The van der Waals surface area contributed by atoms with Crippen LogP contribution in [0.5, 0.6) is 5.75 Å². The first-order valence-corrected chi connectivity index (χ1v) is 7.08. The van der Waals surface area contributed by atoms with Gasteiger partial charge in [-0.15, -0.1) is 0 Å². The second-order valence-electron chi connectivity index (χ2n) is 5.30. The molecule has 0 saturated carbocycles. The van der Waals surface area contributed by atoms with Crippen LogP contribution in [0.1, 0.15) is 23.6 Å². The smallest absolute Gasteiger partial charge is 0.182 e. The van der Waals surface area contributed by atoms with Crippen LogP contribution in [0.4, 0.5) is 0 Å². The summed E-state index contributed by atoms with van der Waals surface area (Å²) in [6.45, 7) is 3.97. The number of nitrogens with zero attached hydrogens (tertiary/aromatic N) is 1. The summed E-state index contributed by atoms with van der Waals surface area (Å²) in [6, 6.07) is 15.6. The SMILES string of the molecule is COc1ccc(CC(C)/[N+]([O-])=C/c2ccc(C)cc2)cc1. The highest BCUT2D eigenvalue weighted by Crippen LogP contribution is 2.13. The van der Waals surface area contributed by atoms with E-state index in [1.807, 2.05) is 62.4 Å². The van der Waals surface area contributed by atoms with Gasteiger partial charge in [-0.05, 0) is 43.7 Å². The molecule has 3 nitrogen and oxygen atoms in total. The van der Waals surface area contributed by atoms with Crippen molar-refractivity contribution in [3.63, 3.8) is 0 Å². The molecule has 0 fully saturated rings. The third-order valence-corrected chi connectivity index (χ3v) is 3.48. The molecule has 2 rings (SSSR count). The Hall–Kier alpha value is -2.29. The Balaban J connectivity index is 2.04. The first-order valence-electron chi connectivity index (χ1n) is 7.08. The van der Waals surface area contributed by atoms with Crippen molar-refractivity contribution in [2.24, 2.45) is 0 Å². The van der Waals surface area contributed by atoms with E-state index in [1.165, 1.54) is 5.56 Å². The highest BCUT2D eigenvalue weighted by atomic mass is 16.5. The average molecular weight is 283 g/mol. The lowest BCUT2D eigenvalue weighted by molar-refractivity contribution is -0.491. The molecule has 1 unspecified atom stereocenters. The molecule has 0 saturated heterocycles. The molecular formula is C18H21NO2. The fourth-order valence-corrected chi connectivity index (χ4v) is 2.12. The van der Waals surface area contributed by atoms with Crippen molar-refractivity contribution in [3.05, 3.63) is 70.4 Å². The molecule has 0 bridgehead atoms. The van der Waals surface area contributed by atoms with Gasteiger partial charge >= 0.3 is 0 Å². The van der Waals surface area contributed by atoms with Crippen molar-refractivity contribution in [2.75, 3.05) is 7.11 Å². The summed E-state index contributed by atoms with van der Waals surface area (Å²) < 4.78 is 6.15. The van der Waals surface area contributed by atoms with E-state index >= 15 is 0 Å². The van der Waals surface area contributed by atoms with E-state index in [1.54, 1.807) is 13.3 Å². The molecule has 21 heavy (non-hydrogen) atoms. The highest BCUT2D eigenvalue weighted by molar-refractivity contribution is 5.75. The molecule has 0 amide bonds. The van der Waals surface area contributed by atoms with Crippen LogP contribution in [0, 0.1) is 12.1 Å². The number of aryl methyl sites for hydroxylation is 1. The monoisotopic (exact) mass is 283 g/mol. The Morgan fingerprint density at radius 1 is 1.10 bits per heavy atom. The molecule has 0 radical (unpaired) electrons. The van der Waals surface area contributed by atoms with Gasteiger partial charge in [0.15, 0.2) is 12.3 Å². The maximum atomic E-state index is 12.2. The predicted octanol–water partition coefficient (Wildman–Crippen LogP) is 3.56. The molecule has 0 aliphatic rings. The van der Waals surface area contributed by atoms with E-state index in [0.717, 1.165) is 21.6 Å². The zero-order chi connectivity index (χ0) is 15.2.